The fourth-order valence-electron chi connectivity index (χ4n) is 2.75. The van der Waals surface area contributed by atoms with Gasteiger partial charge >= 0.3 is 5.97 Å². The maximum Gasteiger partial charge on any atom is 0.307 e. The molecule has 0 fully saturated rings. The minimum absolute atomic E-state index is 0.245. The SMILES string of the molecule is C=COCCOCCOCCOCCOCCOCCOCCOCCOCCOCCOCCOCCC(=O)OC. The molecule has 0 bridgehead atoms. The van der Waals surface area contributed by atoms with Crippen LogP contribution in [0, 0.1) is 0 Å². The van der Waals surface area contributed by atoms with Crippen molar-refractivity contribution < 1.29 is 66.4 Å². The molecule has 0 atom stereocenters. The largest absolute Gasteiger partial charge is 0.499 e. The van der Waals surface area contributed by atoms with E-state index in [1.165, 1.54) is 13.4 Å². The number of hydrogen-bond donors (Lipinski definition) is 0. The highest BCUT2D eigenvalue weighted by Crippen LogP contribution is 1.89. The van der Waals surface area contributed by atoms with E-state index < -0.39 is 0 Å². The van der Waals surface area contributed by atoms with E-state index in [-0.39, 0.29) is 12.4 Å². The number of esters is 1. The Bertz CT molecular complexity index is 541. The molecule has 0 heterocycles. The van der Waals surface area contributed by atoms with E-state index in [0.29, 0.717) is 152 Å². The number of methoxy groups -OCH3 is 1. The van der Waals surface area contributed by atoms with Crippen LogP contribution in [0.3, 0.4) is 0 Å². The molecule has 42 heavy (non-hydrogen) atoms. The lowest BCUT2D eigenvalue weighted by atomic mass is 10.5. The lowest BCUT2D eigenvalue weighted by molar-refractivity contribution is -0.141. The topological polar surface area (TPSA) is 137 Å². The summed E-state index contributed by atoms with van der Waals surface area (Å²) in [5.41, 5.74) is 0. The maximum atomic E-state index is 10.9. The minimum atomic E-state index is -0.286. The first-order valence-electron chi connectivity index (χ1n) is 14.5. The fourth-order valence-corrected chi connectivity index (χ4v) is 2.75. The number of hydrogen-bond acceptors (Lipinski definition) is 14. The summed E-state index contributed by atoms with van der Waals surface area (Å²) in [4.78, 5) is 10.9. The predicted octanol–water partition coefficient (Wildman–Crippen LogP) is 0.892. The van der Waals surface area contributed by atoms with Crippen LogP contribution in [-0.4, -0.2) is 165 Å². The molecule has 0 saturated carbocycles. The predicted molar refractivity (Wildman–Crippen MR) is 152 cm³/mol. The first kappa shape index (κ1) is 40.6. The molecule has 0 rings (SSSR count). The number of rotatable bonds is 37. The Morgan fingerprint density at radius 1 is 0.405 bits per heavy atom. The van der Waals surface area contributed by atoms with Crippen molar-refractivity contribution in [3.05, 3.63) is 12.8 Å². The molecule has 0 aromatic carbocycles. The van der Waals surface area contributed by atoms with Crippen molar-refractivity contribution in [1.29, 1.82) is 0 Å². The second-order valence-corrected chi connectivity index (χ2v) is 8.10. The third-order valence-electron chi connectivity index (χ3n) is 4.86. The van der Waals surface area contributed by atoms with Crippen molar-refractivity contribution in [1.82, 2.24) is 0 Å². The van der Waals surface area contributed by atoms with Gasteiger partial charge < -0.3 is 61.6 Å². The van der Waals surface area contributed by atoms with Crippen LogP contribution < -0.4 is 0 Å². The summed E-state index contributed by atoms with van der Waals surface area (Å²) in [7, 11) is 1.35. The quantitative estimate of drug-likeness (QED) is 0.0556. The van der Waals surface area contributed by atoms with Gasteiger partial charge in [-0.05, 0) is 0 Å². The van der Waals surface area contributed by atoms with Gasteiger partial charge in [-0.1, -0.05) is 6.58 Å². The van der Waals surface area contributed by atoms with Gasteiger partial charge in [-0.25, -0.2) is 0 Å². The zero-order valence-corrected chi connectivity index (χ0v) is 25.5. The van der Waals surface area contributed by atoms with Crippen molar-refractivity contribution in [3.8, 4) is 0 Å². The highest BCUT2D eigenvalue weighted by Gasteiger charge is 1.99. The standard InChI is InChI=1S/C28H54O14/c1-3-31-6-7-33-10-11-35-14-15-37-18-19-39-22-23-41-26-27-42-25-24-40-21-20-38-17-16-36-13-12-34-9-8-32-5-4-28(29)30-2/h3H,1,4-27H2,2H3. The fraction of sp³-hybridized carbons (Fsp3) is 0.893. The van der Waals surface area contributed by atoms with E-state index in [9.17, 15) is 4.79 Å². The summed E-state index contributed by atoms with van der Waals surface area (Å²) < 4.78 is 68.9. The molecule has 0 radical (unpaired) electrons. The molecule has 0 saturated heterocycles. The number of ether oxygens (including phenoxy) is 13. The summed E-state index contributed by atoms with van der Waals surface area (Å²) in [5, 5.41) is 0. The van der Waals surface area contributed by atoms with Crippen molar-refractivity contribution in [2.45, 2.75) is 6.42 Å². The van der Waals surface area contributed by atoms with Crippen LogP contribution in [0.2, 0.25) is 0 Å². The third-order valence-corrected chi connectivity index (χ3v) is 4.86. The zero-order valence-electron chi connectivity index (χ0n) is 25.5. The van der Waals surface area contributed by atoms with Crippen LogP contribution in [0.15, 0.2) is 12.8 Å². The van der Waals surface area contributed by atoms with Gasteiger partial charge in [0.05, 0.1) is 165 Å². The molecule has 0 N–H and O–H groups in total. The Hall–Kier alpha value is -1.43. The minimum Gasteiger partial charge on any atom is -0.499 e. The van der Waals surface area contributed by atoms with E-state index in [4.69, 9.17) is 56.8 Å². The van der Waals surface area contributed by atoms with Crippen molar-refractivity contribution in [2.75, 3.05) is 159 Å². The molecule has 0 spiro atoms. The molecule has 0 aliphatic heterocycles. The van der Waals surface area contributed by atoms with Crippen LogP contribution in [-0.2, 0) is 66.4 Å². The van der Waals surface area contributed by atoms with Crippen LogP contribution >= 0.6 is 0 Å². The van der Waals surface area contributed by atoms with Crippen LogP contribution in [0.25, 0.3) is 0 Å². The van der Waals surface area contributed by atoms with Crippen LogP contribution in [0.4, 0.5) is 0 Å². The van der Waals surface area contributed by atoms with Gasteiger partial charge in [-0.15, -0.1) is 0 Å². The molecule has 0 amide bonds. The summed E-state index contributed by atoms with van der Waals surface area (Å²) in [6, 6.07) is 0. The summed E-state index contributed by atoms with van der Waals surface area (Å²) in [6.45, 7) is 14.7. The molecule has 0 aromatic heterocycles. The van der Waals surface area contributed by atoms with Crippen LogP contribution in [0.1, 0.15) is 6.42 Å². The molecular weight excluding hydrogens is 560 g/mol. The van der Waals surface area contributed by atoms with E-state index >= 15 is 0 Å². The zero-order chi connectivity index (χ0) is 30.4. The van der Waals surface area contributed by atoms with Crippen molar-refractivity contribution >= 4 is 5.97 Å². The molecule has 0 aromatic rings. The van der Waals surface area contributed by atoms with Gasteiger partial charge in [0.15, 0.2) is 0 Å². The first-order chi connectivity index (χ1) is 20.8. The Balaban J connectivity index is 3.04. The van der Waals surface area contributed by atoms with Crippen LogP contribution in [0.5, 0.6) is 0 Å². The Kier molecular flexibility index (Phi) is 36.3. The first-order valence-corrected chi connectivity index (χ1v) is 14.5. The lowest BCUT2D eigenvalue weighted by Gasteiger charge is -2.09. The molecule has 0 aliphatic rings. The second-order valence-electron chi connectivity index (χ2n) is 8.10. The lowest BCUT2D eigenvalue weighted by Crippen LogP contribution is -2.15. The average molecular weight is 615 g/mol. The number of carbonyl (C=O) groups excluding carboxylic acids is 1. The highest BCUT2D eigenvalue weighted by molar-refractivity contribution is 5.69. The van der Waals surface area contributed by atoms with E-state index in [1.54, 1.807) is 0 Å². The molecule has 250 valence electrons. The molecule has 14 heteroatoms. The van der Waals surface area contributed by atoms with Gasteiger partial charge in [-0.2, -0.15) is 0 Å². The summed E-state index contributed by atoms with van der Waals surface area (Å²) in [6.07, 6.45) is 1.64. The second kappa shape index (κ2) is 37.6. The van der Waals surface area contributed by atoms with Gasteiger partial charge in [0.25, 0.3) is 0 Å². The molecule has 0 unspecified atom stereocenters. The summed E-state index contributed by atoms with van der Waals surface area (Å²) in [5.74, 6) is -0.286. The summed E-state index contributed by atoms with van der Waals surface area (Å²) >= 11 is 0. The Labute approximate surface area is 251 Å². The maximum absolute atomic E-state index is 10.9. The van der Waals surface area contributed by atoms with Gasteiger partial charge in [-0.3, -0.25) is 4.79 Å². The van der Waals surface area contributed by atoms with E-state index in [0.717, 1.165) is 0 Å². The number of carbonyl (C=O) groups is 1. The normalized spacial score (nSPS) is 11.2. The highest BCUT2D eigenvalue weighted by atomic mass is 16.6. The van der Waals surface area contributed by atoms with E-state index in [1.807, 2.05) is 0 Å². The van der Waals surface area contributed by atoms with Gasteiger partial charge in [0, 0.05) is 0 Å². The molecule has 14 nitrogen and oxygen atoms in total. The van der Waals surface area contributed by atoms with E-state index in [2.05, 4.69) is 11.3 Å². The Morgan fingerprint density at radius 2 is 0.619 bits per heavy atom. The van der Waals surface area contributed by atoms with Crippen molar-refractivity contribution in [3.63, 3.8) is 0 Å². The van der Waals surface area contributed by atoms with Gasteiger partial charge in [0.1, 0.15) is 6.61 Å². The Morgan fingerprint density at radius 3 is 0.833 bits per heavy atom. The molecular formula is C28H54O14. The van der Waals surface area contributed by atoms with Crippen molar-refractivity contribution in [2.24, 2.45) is 0 Å². The average Bonchev–Trinajstić information content (AvgIpc) is 3.00. The smallest absolute Gasteiger partial charge is 0.307 e. The molecule has 0 aliphatic carbocycles. The third kappa shape index (κ3) is 36.6. The monoisotopic (exact) mass is 614 g/mol. The van der Waals surface area contributed by atoms with Gasteiger partial charge in [0.2, 0.25) is 0 Å².